The Hall–Kier alpha value is -0.0400. The molecule has 2 saturated heterocycles. The number of fused-ring (bicyclic) bond motifs is 1. The van der Waals surface area contributed by atoms with Gasteiger partial charge in [-0.05, 0) is 45.7 Å². The summed E-state index contributed by atoms with van der Waals surface area (Å²) in [5.74, 6) is 0. The molecule has 1 heteroatoms. The molecule has 0 amide bonds. The van der Waals surface area contributed by atoms with E-state index in [0.29, 0.717) is 5.54 Å². The SMILES string of the molecule is CC12CCCCCN1CCC2. The molecule has 2 aliphatic heterocycles. The lowest BCUT2D eigenvalue weighted by atomic mass is 9.93. The zero-order valence-electron chi connectivity index (χ0n) is 7.60. The maximum atomic E-state index is 2.72. The summed E-state index contributed by atoms with van der Waals surface area (Å²) >= 11 is 0. The van der Waals surface area contributed by atoms with Crippen LogP contribution in [-0.4, -0.2) is 23.5 Å². The zero-order chi connectivity index (χ0) is 7.73. The maximum absolute atomic E-state index is 2.72. The van der Waals surface area contributed by atoms with Crippen LogP contribution in [0.1, 0.15) is 45.4 Å². The van der Waals surface area contributed by atoms with E-state index in [-0.39, 0.29) is 0 Å². The van der Waals surface area contributed by atoms with Crippen molar-refractivity contribution in [1.82, 2.24) is 4.90 Å². The van der Waals surface area contributed by atoms with Crippen molar-refractivity contribution >= 4 is 0 Å². The van der Waals surface area contributed by atoms with Crippen molar-refractivity contribution in [1.29, 1.82) is 0 Å². The van der Waals surface area contributed by atoms with Crippen LogP contribution in [0.2, 0.25) is 0 Å². The molecule has 11 heavy (non-hydrogen) atoms. The van der Waals surface area contributed by atoms with Crippen LogP contribution in [0.3, 0.4) is 0 Å². The van der Waals surface area contributed by atoms with Crippen LogP contribution in [0.15, 0.2) is 0 Å². The minimum Gasteiger partial charge on any atom is -0.298 e. The molecule has 2 fully saturated rings. The van der Waals surface area contributed by atoms with E-state index in [2.05, 4.69) is 11.8 Å². The second kappa shape index (κ2) is 2.78. The van der Waals surface area contributed by atoms with Crippen LogP contribution in [0.4, 0.5) is 0 Å². The Kier molecular flexibility index (Phi) is 1.92. The van der Waals surface area contributed by atoms with Crippen molar-refractivity contribution in [2.45, 2.75) is 51.0 Å². The van der Waals surface area contributed by atoms with Crippen LogP contribution >= 0.6 is 0 Å². The van der Waals surface area contributed by atoms with Gasteiger partial charge in [0.15, 0.2) is 0 Å². The van der Waals surface area contributed by atoms with E-state index in [1.165, 1.54) is 51.6 Å². The Bertz CT molecular complexity index is 144. The summed E-state index contributed by atoms with van der Waals surface area (Å²) < 4.78 is 0. The number of nitrogens with zero attached hydrogens (tertiary/aromatic N) is 1. The highest BCUT2D eigenvalue weighted by atomic mass is 15.2. The highest BCUT2D eigenvalue weighted by Crippen LogP contribution is 2.35. The molecule has 0 radical (unpaired) electrons. The minimum atomic E-state index is 0.608. The summed E-state index contributed by atoms with van der Waals surface area (Å²) in [4.78, 5) is 2.72. The van der Waals surface area contributed by atoms with Gasteiger partial charge in [0.05, 0.1) is 0 Å². The lowest BCUT2D eigenvalue weighted by Crippen LogP contribution is -2.40. The van der Waals surface area contributed by atoms with E-state index >= 15 is 0 Å². The molecule has 0 aromatic rings. The fraction of sp³-hybridized carbons (Fsp3) is 1.00. The molecule has 0 spiro atoms. The predicted octanol–water partition coefficient (Wildman–Crippen LogP) is 2.41. The number of hydrogen-bond donors (Lipinski definition) is 0. The van der Waals surface area contributed by atoms with Gasteiger partial charge in [-0.15, -0.1) is 0 Å². The molecule has 1 nitrogen and oxygen atoms in total. The highest BCUT2D eigenvalue weighted by Gasteiger charge is 2.36. The van der Waals surface area contributed by atoms with Crippen molar-refractivity contribution in [2.75, 3.05) is 13.1 Å². The van der Waals surface area contributed by atoms with Gasteiger partial charge < -0.3 is 0 Å². The first-order chi connectivity index (χ1) is 5.31. The number of rotatable bonds is 0. The van der Waals surface area contributed by atoms with Crippen molar-refractivity contribution in [3.05, 3.63) is 0 Å². The average Bonchev–Trinajstić information content (AvgIpc) is 2.24. The van der Waals surface area contributed by atoms with E-state index in [1.807, 2.05) is 0 Å². The molecule has 0 aromatic carbocycles. The van der Waals surface area contributed by atoms with Crippen LogP contribution in [0.25, 0.3) is 0 Å². The van der Waals surface area contributed by atoms with Gasteiger partial charge in [-0.25, -0.2) is 0 Å². The second-order valence-corrected chi connectivity index (χ2v) is 4.40. The molecular formula is C10H19N. The fourth-order valence-corrected chi connectivity index (χ4v) is 2.73. The first-order valence-electron chi connectivity index (χ1n) is 5.06. The second-order valence-electron chi connectivity index (χ2n) is 4.40. The molecule has 0 aromatic heterocycles. The van der Waals surface area contributed by atoms with E-state index in [4.69, 9.17) is 0 Å². The smallest absolute Gasteiger partial charge is 0.0181 e. The summed E-state index contributed by atoms with van der Waals surface area (Å²) in [5, 5.41) is 0. The summed E-state index contributed by atoms with van der Waals surface area (Å²) in [5.41, 5.74) is 0.608. The van der Waals surface area contributed by atoms with E-state index < -0.39 is 0 Å². The number of hydrogen-bond acceptors (Lipinski definition) is 1. The van der Waals surface area contributed by atoms with Crippen LogP contribution in [0, 0.1) is 0 Å². The van der Waals surface area contributed by atoms with E-state index in [1.54, 1.807) is 0 Å². The lowest BCUT2D eigenvalue weighted by Gasteiger charge is -2.33. The Morgan fingerprint density at radius 2 is 1.64 bits per heavy atom. The standard InChI is InChI=1S/C10H19N/c1-10-6-3-2-4-8-11(10)9-5-7-10/h2-9H2,1H3. The quantitative estimate of drug-likeness (QED) is 0.516. The molecule has 1 unspecified atom stereocenters. The third-order valence-corrected chi connectivity index (χ3v) is 3.55. The molecule has 0 N–H and O–H groups in total. The highest BCUT2D eigenvalue weighted by molar-refractivity contribution is 4.92. The van der Waals surface area contributed by atoms with Crippen LogP contribution in [0.5, 0.6) is 0 Å². The first-order valence-corrected chi connectivity index (χ1v) is 5.06. The molecule has 2 rings (SSSR count). The van der Waals surface area contributed by atoms with Crippen LogP contribution < -0.4 is 0 Å². The third kappa shape index (κ3) is 1.31. The zero-order valence-corrected chi connectivity index (χ0v) is 7.60. The Labute approximate surface area is 69.8 Å². The first kappa shape index (κ1) is 7.60. The minimum absolute atomic E-state index is 0.608. The van der Waals surface area contributed by atoms with Gasteiger partial charge in [-0.3, -0.25) is 4.90 Å². The Morgan fingerprint density at radius 3 is 2.55 bits per heavy atom. The predicted molar refractivity (Wildman–Crippen MR) is 47.7 cm³/mol. The third-order valence-electron chi connectivity index (χ3n) is 3.55. The molecule has 0 saturated carbocycles. The fourth-order valence-electron chi connectivity index (χ4n) is 2.73. The summed E-state index contributed by atoms with van der Waals surface area (Å²) in [7, 11) is 0. The van der Waals surface area contributed by atoms with Gasteiger partial charge >= 0.3 is 0 Å². The molecule has 0 bridgehead atoms. The van der Waals surface area contributed by atoms with Crippen LogP contribution in [-0.2, 0) is 0 Å². The maximum Gasteiger partial charge on any atom is 0.0181 e. The lowest BCUT2D eigenvalue weighted by molar-refractivity contribution is 0.159. The van der Waals surface area contributed by atoms with Crippen molar-refractivity contribution in [2.24, 2.45) is 0 Å². The molecule has 0 aliphatic carbocycles. The van der Waals surface area contributed by atoms with Gasteiger partial charge in [-0.1, -0.05) is 12.8 Å². The molecule has 2 aliphatic rings. The van der Waals surface area contributed by atoms with E-state index in [9.17, 15) is 0 Å². The van der Waals surface area contributed by atoms with Crippen molar-refractivity contribution < 1.29 is 0 Å². The summed E-state index contributed by atoms with van der Waals surface area (Å²) in [6.45, 7) is 5.21. The average molecular weight is 153 g/mol. The van der Waals surface area contributed by atoms with E-state index in [0.717, 1.165) is 0 Å². The van der Waals surface area contributed by atoms with Gasteiger partial charge in [0.2, 0.25) is 0 Å². The van der Waals surface area contributed by atoms with Crippen molar-refractivity contribution in [3.8, 4) is 0 Å². The van der Waals surface area contributed by atoms with Gasteiger partial charge in [0, 0.05) is 5.54 Å². The van der Waals surface area contributed by atoms with Crippen molar-refractivity contribution in [3.63, 3.8) is 0 Å². The topological polar surface area (TPSA) is 3.24 Å². The van der Waals surface area contributed by atoms with Gasteiger partial charge in [0.1, 0.15) is 0 Å². The molecule has 2 heterocycles. The molecular weight excluding hydrogens is 134 g/mol. The van der Waals surface area contributed by atoms with Gasteiger partial charge in [-0.2, -0.15) is 0 Å². The summed E-state index contributed by atoms with van der Waals surface area (Å²) in [6, 6.07) is 0. The largest absolute Gasteiger partial charge is 0.298 e. The molecule has 1 atom stereocenters. The normalized spacial score (nSPS) is 40.1. The monoisotopic (exact) mass is 153 g/mol. The molecule has 64 valence electrons. The van der Waals surface area contributed by atoms with Gasteiger partial charge in [0.25, 0.3) is 0 Å². The Balaban J connectivity index is 2.09. The Morgan fingerprint density at radius 1 is 0.909 bits per heavy atom. The summed E-state index contributed by atoms with van der Waals surface area (Å²) in [6.07, 6.45) is 8.71.